The third-order valence-electron chi connectivity index (χ3n) is 3.75. The molecule has 0 aliphatic heterocycles. The van der Waals surface area contributed by atoms with Crippen LogP contribution in [0.4, 0.5) is 5.69 Å². The summed E-state index contributed by atoms with van der Waals surface area (Å²) in [6.07, 6.45) is 5.22. The summed E-state index contributed by atoms with van der Waals surface area (Å²) in [6, 6.07) is 11.4. The van der Waals surface area contributed by atoms with Crippen molar-refractivity contribution in [2.24, 2.45) is 7.05 Å². The van der Waals surface area contributed by atoms with Crippen LogP contribution in [0.25, 0.3) is 22.3 Å². The van der Waals surface area contributed by atoms with Gasteiger partial charge in [-0.25, -0.2) is 0 Å². The summed E-state index contributed by atoms with van der Waals surface area (Å²) in [5.74, 6) is 0. The number of benzene rings is 1. The summed E-state index contributed by atoms with van der Waals surface area (Å²) >= 11 is 0. The highest BCUT2D eigenvalue weighted by Gasteiger charge is 2.10. The quantitative estimate of drug-likeness (QED) is 0.738. The highest BCUT2D eigenvalue weighted by atomic mass is 16.1. The first-order valence-corrected chi connectivity index (χ1v) is 7.04. The first-order chi connectivity index (χ1) is 10.6. The van der Waals surface area contributed by atoms with E-state index in [1.165, 1.54) is 0 Å². The average Bonchev–Trinajstić information content (AvgIpc) is 2.53. The summed E-state index contributed by atoms with van der Waals surface area (Å²) in [4.78, 5) is 16.4. The fourth-order valence-corrected chi connectivity index (χ4v) is 2.55. The molecule has 2 aromatic heterocycles. The number of hydrogen-bond donors (Lipinski definition) is 1. The standard InChI is InChI=1S/C18H17N3O/c1-12-3-4-15(19)10-16(12)14-9-17(18(22)21(2)11-14)13-5-7-20-8-6-13/h3-11H,19H2,1-2H3. The molecule has 4 heteroatoms. The molecule has 0 radical (unpaired) electrons. The second-order valence-electron chi connectivity index (χ2n) is 5.37. The molecule has 0 saturated heterocycles. The molecule has 1 aromatic carbocycles. The fraction of sp³-hybridized carbons (Fsp3) is 0.111. The maximum Gasteiger partial charge on any atom is 0.258 e. The van der Waals surface area contributed by atoms with E-state index in [0.717, 1.165) is 22.3 Å². The minimum absolute atomic E-state index is 0.0310. The monoisotopic (exact) mass is 291 g/mol. The molecule has 4 nitrogen and oxygen atoms in total. The van der Waals surface area contributed by atoms with E-state index in [1.54, 1.807) is 24.0 Å². The van der Waals surface area contributed by atoms with Crippen molar-refractivity contribution < 1.29 is 0 Å². The third kappa shape index (κ3) is 2.51. The number of aryl methyl sites for hydroxylation is 2. The maximum atomic E-state index is 12.4. The molecule has 2 N–H and O–H groups in total. The highest BCUT2D eigenvalue weighted by Crippen LogP contribution is 2.27. The Kier molecular flexibility index (Phi) is 3.51. The van der Waals surface area contributed by atoms with Gasteiger partial charge in [-0.05, 0) is 59.5 Å². The second kappa shape index (κ2) is 5.48. The number of hydrogen-bond acceptors (Lipinski definition) is 3. The molecule has 0 saturated carbocycles. The highest BCUT2D eigenvalue weighted by molar-refractivity contribution is 5.75. The van der Waals surface area contributed by atoms with E-state index in [4.69, 9.17) is 5.73 Å². The summed E-state index contributed by atoms with van der Waals surface area (Å²) < 4.78 is 1.60. The molecular weight excluding hydrogens is 274 g/mol. The number of anilines is 1. The molecule has 0 atom stereocenters. The molecule has 0 bridgehead atoms. The van der Waals surface area contributed by atoms with Crippen molar-refractivity contribution in [3.63, 3.8) is 0 Å². The van der Waals surface area contributed by atoms with Crippen LogP contribution < -0.4 is 11.3 Å². The van der Waals surface area contributed by atoms with Crippen molar-refractivity contribution in [3.8, 4) is 22.3 Å². The van der Waals surface area contributed by atoms with E-state index in [-0.39, 0.29) is 5.56 Å². The SMILES string of the molecule is Cc1ccc(N)cc1-c1cc(-c2ccncc2)c(=O)n(C)c1. The van der Waals surface area contributed by atoms with E-state index in [9.17, 15) is 4.79 Å². The van der Waals surface area contributed by atoms with Gasteiger partial charge in [0.15, 0.2) is 0 Å². The smallest absolute Gasteiger partial charge is 0.258 e. The van der Waals surface area contributed by atoms with Crippen LogP contribution in [0.3, 0.4) is 0 Å². The molecule has 0 aliphatic carbocycles. The van der Waals surface area contributed by atoms with Crippen molar-refractivity contribution in [3.05, 3.63) is 70.9 Å². The van der Waals surface area contributed by atoms with Crippen LogP contribution in [0, 0.1) is 6.92 Å². The predicted octanol–water partition coefficient (Wildman–Crippen LogP) is 3.00. The summed E-state index contributed by atoms with van der Waals surface area (Å²) in [5.41, 5.74) is 11.2. The molecule has 0 spiro atoms. The van der Waals surface area contributed by atoms with E-state index >= 15 is 0 Å². The molecule has 2 heterocycles. The van der Waals surface area contributed by atoms with Gasteiger partial charge in [-0.2, -0.15) is 0 Å². The van der Waals surface area contributed by atoms with Crippen LogP contribution in [-0.2, 0) is 7.05 Å². The zero-order valence-corrected chi connectivity index (χ0v) is 12.6. The number of nitrogens with zero attached hydrogens (tertiary/aromatic N) is 2. The predicted molar refractivity (Wildman–Crippen MR) is 89.5 cm³/mol. The Morgan fingerprint density at radius 1 is 1.00 bits per heavy atom. The van der Waals surface area contributed by atoms with Crippen LogP contribution in [-0.4, -0.2) is 9.55 Å². The fourth-order valence-electron chi connectivity index (χ4n) is 2.55. The van der Waals surface area contributed by atoms with Gasteiger partial charge in [0.2, 0.25) is 0 Å². The largest absolute Gasteiger partial charge is 0.399 e. The maximum absolute atomic E-state index is 12.4. The van der Waals surface area contributed by atoms with Crippen LogP contribution in [0.5, 0.6) is 0 Å². The normalized spacial score (nSPS) is 10.6. The lowest BCUT2D eigenvalue weighted by molar-refractivity contribution is 0.864. The van der Waals surface area contributed by atoms with Crippen LogP contribution in [0.2, 0.25) is 0 Å². The second-order valence-corrected chi connectivity index (χ2v) is 5.37. The Labute approximate surface area is 128 Å². The van der Waals surface area contributed by atoms with Crippen LogP contribution in [0.1, 0.15) is 5.56 Å². The van der Waals surface area contributed by atoms with Gasteiger partial charge in [0.1, 0.15) is 0 Å². The zero-order valence-electron chi connectivity index (χ0n) is 12.6. The topological polar surface area (TPSA) is 60.9 Å². The summed E-state index contributed by atoms with van der Waals surface area (Å²) in [5, 5.41) is 0. The molecule has 22 heavy (non-hydrogen) atoms. The van der Waals surface area contributed by atoms with Crippen molar-refractivity contribution in [1.29, 1.82) is 0 Å². The van der Waals surface area contributed by atoms with Gasteiger partial charge in [0, 0.05) is 36.9 Å². The number of nitrogen functional groups attached to an aromatic ring is 1. The summed E-state index contributed by atoms with van der Waals surface area (Å²) in [7, 11) is 1.76. The van der Waals surface area contributed by atoms with Gasteiger partial charge in [-0.3, -0.25) is 9.78 Å². The Bertz CT molecular complexity index is 883. The van der Waals surface area contributed by atoms with E-state index in [0.29, 0.717) is 11.3 Å². The number of aromatic nitrogens is 2. The van der Waals surface area contributed by atoms with Crippen molar-refractivity contribution in [2.75, 3.05) is 5.73 Å². The molecule has 0 unspecified atom stereocenters. The van der Waals surface area contributed by atoms with Crippen molar-refractivity contribution >= 4 is 5.69 Å². The molecule has 0 fully saturated rings. The zero-order chi connectivity index (χ0) is 15.7. The number of pyridine rings is 2. The molecule has 0 aliphatic rings. The minimum Gasteiger partial charge on any atom is -0.399 e. The van der Waals surface area contributed by atoms with E-state index in [1.807, 2.05) is 49.5 Å². The van der Waals surface area contributed by atoms with Gasteiger partial charge in [-0.15, -0.1) is 0 Å². The van der Waals surface area contributed by atoms with Crippen LogP contribution >= 0.6 is 0 Å². The summed E-state index contributed by atoms with van der Waals surface area (Å²) in [6.45, 7) is 2.03. The molecule has 3 aromatic rings. The van der Waals surface area contributed by atoms with Crippen molar-refractivity contribution in [2.45, 2.75) is 6.92 Å². The molecule has 110 valence electrons. The first kappa shape index (κ1) is 14.1. The number of nitrogens with two attached hydrogens (primary N) is 1. The van der Waals surface area contributed by atoms with E-state index in [2.05, 4.69) is 4.98 Å². The van der Waals surface area contributed by atoms with Gasteiger partial charge in [0.25, 0.3) is 5.56 Å². The van der Waals surface area contributed by atoms with Gasteiger partial charge in [-0.1, -0.05) is 6.07 Å². The Balaban J connectivity index is 2.25. The molecule has 3 rings (SSSR count). The van der Waals surface area contributed by atoms with Gasteiger partial charge < -0.3 is 10.3 Å². The third-order valence-corrected chi connectivity index (χ3v) is 3.75. The lowest BCUT2D eigenvalue weighted by atomic mass is 9.98. The average molecular weight is 291 g/mol. The lowest BCUT2D eigenvalue weighted by Crippen LogP contribution is -2.18. The minimum atomic E-state index is -0.0310. The first-order valence-electron chi connectivity index (χ1n) is 7.04. The molecular formula is C18H17N3O. The molecule has 0 amide bonds. The van der Waals surface area contributed by atoms with Gasteiger partial charge >= 0.3 is 0 Å². The Morgan fingerprint density at radius 3 is 2.45 bits per heavy atom. The van der Waals surface area contributed by atoms with Gasteiger partial charge in [0.05, 0.1) is 0 Å². The van der Waals surface area contributed by atoms with Crippen molar-refractivity contribution in [1.82, 2.24) is 9.55 Å². The Hall–Kier alpha value is -2.88. The van der Waals surface area contributed by atoms with E-state index < -0.39 is 0 Å². The number of rotatable bonds is 2. The lowest BCUT2D eigenvalue weighted by Gasteiger charge is -2.11. The van der Waals surface area contributed by atoms with Crippen LogP contribution in [0.15, 0.2) is 59.8 Å². The Morgan fingerprint density at radius 2 is 1.73 bits per heavy atom.